The highest BCUT2D eigenvalue weighted by molar-refractivity contribution is 7.88. The standard InChI is InChI=1S/C26H29N7O3S/c1-37(35,36)33-16-14-32(15-17-33)25-24(20-6-3-2-4-7-20)29-22-9-8-21(18-23(22)30-25)26(34)28-10-5-12-31-13-11-27-19-31/h2-4,6-9,11,13,18-19H,5,10,12,14-17H2,1H3,(H,28,34). The molecule has 10 nitrogen and oxygen atoms in total. The predicted molar refractivity (Wildman–Crippen MR) is 143 cm³/mol. The van der Waals surface area contributed by atoms with Crippen molar-refractivity contribution in [1.82, 2.24) is 29.1 Å². The van der Waals surface area contributed by atoms with E-state index in [-0.39, 0.29) is 5.91 Å². The second-order valence-corrected chi connectivity index (χ2v) is 11.0. The van der Waals surface area contributed by atoms with Crippen LogP contribution in [0.5, 0.6) is 0 Å². The van der Waals surface area contributed by atoms with E-state index in [1.807, 2.05) is 47.2 Å². The molecule has 1 aliphatic heterocycles. The van der Waals surface area contributed by atoms with E-state index in [4.69, 9.17) is 9.97 Å². The van der Waals surface area contributed by atoms with E-state index in [1.54, 1.807) is 24.7 Å². The van der Waals surface area contributed by atoms with Crippen molar-refractivity contribution in [3.8, 4) is 11.3 Å². The molecule has 0 spiro atoms. The summed E-state index contributed by atoms with van der Waals surface area (Å²) in [5.41, 5.74) is 3.49. The number of benzene rings is 2. The van der Waals surface area contributed by atoms with Gasteiger partial charge >= 0.3 is 0 Å². The Morgan fingerprint density at radius 3 is 2.49 bits per heavy atom. The van der Waals surface area contributed by atoms with Crippen molar-refractivity contribution < 1.29 is 13.2 Å². The molecule has 1 N–H and O–H groups in total. The van der Waals surface area contributed by atoms with Crippen LogP contribution >= 0.6 is 0 Å². The molecule has 1 saturated heterocycles. The molecule has 0 radical (unpaired) electrons. The van der Waals surface area contributed by atoms with Gasteiger partial charge in [-0.15, -0.1) is 0 Å². The van der Waals surface area contributed by atoms with Crippen LogP contribution < -0.4 is 10.2 Å². The van der Waals surface area contributed by atoms with Crippen molar-refractivity contribution in [2.24, 2.45) is 0 Å². The third-order valence-electron chi connectivity index (χ3n) is 6.40. The summed E-state index contributed by atoms with van der Waals surface area (Å²) in [4.78, 5) is 28.8. The molecule has 0 atom stereocenters. The molecule has 37 heavy (non-hydrogen) atoms. The van der Waals surface area contributed by atoms with Crippen molar-refractivity contribution in [2.45, 2.75) is 13.0 Å². The van der Waals surface area contributed by atoms with E-state index in [0.29, 0.717) is 55.1 Å². The Balaban J connectivity index is 1.39. The van der Waals surface area contributed by atoms with Crippen molar-refractivity contribution in [3.05, 3.63) is 72.8 Å². The molecule has 1 aliphatic rings. The van der Waals surface area contributed by atoms with Gasteiger partial charge in [0.1, 0.15) is 5.69 Å². The Kier molecular flexibility index (Phi) is 7.15. The maximum atomic E-state index is 12.8. The van der Waals surface area contributed by atoms with Gasteiger partial charge in [-0.1, -0.05) is 30.3 Å². The Morgan fingerprint density at radius 2 is 1.78 bits per heavy atom. The van der Waals surface area contributed by atoms with Crippen LogP contribution in [0.3, 0.4) is 0 Å². The van der Waals surface area contributed by atoms with E-state index in [9.17, 15) is 13.2 Å². The van der Waals surface area contributed by atoms with Crippen LogP contribution in [0, 0.1) is 0 Å². The largest absolute Gasteiger partial charge is 0.352 e. The molecule has 0 aliphatic carbocycles. The highest BCUT2D eigenvalue weighted by Gasteiger charge is 2.26. The summed E-state index contributed by atoms with van der Waals surface area (Å²) < 4.78 is 27.4. The Bertz CT molecular complexity index is 1480. The second kappa shape index (κ2) is 10.7. The average molecular weight is 520 g/mol. The molecule has 1 fully saturated rings. The number of piperazine rings is 1. The van der Waals surface area contributed by atoms with Crippen LogP contribution in [0.15, 0.2) is 67.3 Å². The topological polar surface area (TPSA) is 113 Å². The summed E-state index contributed by atoms with van der Waals surface area (Å²) in [6.45, 7) is 3.10. The molecule has 192 valence electrons. The van der Waals surface area contributed by atoms with Crippen LogP contribution in [-0.2, 0) is 16.6 Å². The molecule has 5 rings (SSSR count). The van der Waals surface area contributed by atoms with Crippen LogP contribution in [-0.4, -0.2) is 77.1 Å². The fourth-order valence-electron chi connectivity index (χ4n) is 4.41. The van der Waals surface area contributed by atoms with Crippen LogP contribution in [0.1, 0.15) is 16.8 Å². The number of fused-ring (bicyclic) bond motifs is 1. The summed E-state index contributed by atoms with van der Waals surface area (Å²) in [6.07, 6.45) is 7.41. The summed E-state index contributed by atoms with van der Waals surface area (Å²) in [7, 11) is -3.24. The Hall–Kier alpha value is -3.83. The van der Waals surface area contributed by atoms with Gasteiger partial charge in [-0.05, 0) is 24.6 Å². The number of aromatic nitrogens is 4. The zero-order valence-corrected chi connectivity index (χ0v) is 21.4. The minimum Gasteiger partial charge on any atom is -0.352 e. The summed E-state index contributed by atoms with van der Waals surface area (Å²) in [6, 6.07) is 15.2. The zero-order valence-electron chi connectivity index (χ0n) is 20.6. The number of hydrogen-bond acceptors (Lipinski definition) is 7. The number of imidazole rings is 1. The molecule has 4 aromatic rings. The summed E-state index contributed by atoms with van der Waals surface area (Å²) in [5.74, 6) is 0.523. The Morgan fingerprint density at radius 1 is 1.00 bits per heavy atom. The lowest BCUT2D eigenvalue weighted by atomic mass is 10.1. The van der Waals surface area contributed by atoms with Gasteiger partial charge < -0.3 is 14.8 Å². The Labute approximate surface area is 216 Å². The molecule has 0 saturated carbocycles. The summed E-state index contributed by atoms with van der Waals surface area (Å²) in [5, 5.41) is 2.97. The first-order valence-electron chi connectivity index (χ1n) is 12.2. The lowest BCUT2D eigenvalue weighted by molar-refractivity contribution is 0.0953. The zero-order chi connectivity index (χ0) is 25.8. The third-order valence-corrected chi connectivity index (χ3v) is 7.70. The number of nitrogens with zero attached hydrogens (tertiary/aromatic N) is 6. The van der Waals surface area contributed by atoms with Gasteiger partial charge in [-0.2, -0.15) is 4.31 Å². The number of carbonyl (C=O) groups is 1. The average Bonchev–Trinajstić information content (AvgIpc) is 3.44. The van der Waals surface area contributed by atoms with Gasteiger partial charge in [-0.3, -0.25) is 4.79 Å². The van der Waals surface area contributed by atoms with Gasteiger partial charge in [-0.25, -0.2) is 23.4 Å². The minimum absolute atomic E-state index is 0.162. The number of sulfonamides is 1. The molecule has 2 aromatic carbocycles. The van der Waals surface area contributed by atoms with Crippen LogP contribution in [0.25, 0.3) is 22.3 Å². The predicted octanol–water partition coefficient (Wildman–Crippen LogP) is 2.40. The molecule has 2 aromatic heterocycles. The normalized spacial score (nSPS) is 14.7. The van der Waals surface area contributed by atoms with Crippen LogP contribution in [0.4, 0.5) is 5.82 Å². The smallest absolute Gasteiger partial charge is 0.251 e. The number of carbonyl (C=O) groups excluding carboxylic acids is 1. The van der Waals surface area contributed by atoms with Gasteiger partial charge in [0.15, 0.2) is 5.82 Å². The first kappa shape index (κ1) is 24.8. The van der Waals surface area contributed by atoms with Crippen molar-refractivity contribution in [3.63, 3.8) is 0 Å². The highest BCUT2D eigenvalue weighted by Crippen LogP contribution is 2.31. The van der Waals surface area contributed by atoms with Crippen molar-refractivity contribution >= 4 is 32.8 Å². The number of rotatable bonds is 8. The van der Waals surface area contributed by atoms with Gasteiger partial charge in [0.25, 0.3) is 5.91 Å². The number of hydrogen-bond donors (Lipinski definition) is 1. The maximum absolute atomic E-state index is 12.8. The first-order chi connectivity index (χ1) is 17.9. The minimum atomic E-state index is -3.24. The van der Waals surface area contributed by atoms with E-state index < -0.39 is 10.0 Å². The van der Waals surface area contributed by atoms with E-state index in [1.165, 1.54) is 10.6 Å². The van der Waals surface area contributed by atoms with Gasteiger partial charge in [0.05, 0.1) is 23.6 Å². The van der Waals surface area contributed by atoms with Crippen LogP contribution in [0.2, 0.25) is 0 Å². The van der Waals surface area contributed by atoms with E-state index in [0.717, 1.165) is 24.2 Å². The molecular weight excluding hydrogens is 490 g/mol. The van der Waals surface area contributed by atoms with E-state index >= 15 is 0 Å². The van der Waals surface area contributed by atoms with Crippen molar-refractivity contribution in [2.75, 3.05) is 43.9 Å². The third kappa shape index (κ3) is 5.78. The van der Waals surface area contributed by atoms with Crippen molar-refractivity contribution in [1.29, 1.82) is 0 Å². The fourth-order valence-corrected chi connectivity index (χ4v) is 5.24. The fraction of sp³-hybridized carbons (Fsp3) is 0.308. The van der Waals surface area contributed by atoms with Gasteiger partial charge in [0.2, 0.25) is 10.0 Å². The van der Waals surface area contributed by atoms with Gasteiger partial charge in [0, 0.05) is 62.8 Å². The molecule has 3 heterocycles. The number of nitrogens with one attached hydrogen (secondary N) is 1. The highest BCUT2D eigenvalue weighted by atomic mass is 32.2. The lowest BCUT2D eigenvalue weighted by Gasteiger charge is -2.34. The number of anilines is 1. The molecule has 1 amide bonds. The lowest BCUT2D eigenvalue weighted by Crippen LogP contribution is -2.48. The van der Waals surface area contributed by atoms with E-state index in [2.05, 4.69) is 15.2 Å². The molecule has 0 unspecified atom stereocenters. The monoisotopic (exact) mass is 519 g/mol. The number of amides is 1. The SMILES string of the molecule is CS(=O)(=O)N1CCN(c2nc3cc(C(=O)NCCCn4ccnc4)ccc3nc2-c2ccccc2)CC1. The molecule has 11 heteroatoms. The maximum Gasteiger partial charge on any atom is 0.251 e. The second-order valence-electron chi connectivity index (χ2n) is 9.02. The first-order valence-corrected chi connectivity index (χ1v) is 14.0. The molecule has 0 bridgehead atoms. The summed E-state index contributed by atoms with van der Waals surface area (Å²) >= 11 is 0. The molecular formula is C26H29N7O3S. The number of aryl methyl sites for hydroxylation is 1. The quantitative estimate of drug-likeness (QED) is 0.356.